The fourth-order valence-electron chi connectivity index (χ4n) is 2.30. The number of carbonyl (C=O) groups is 1. The third-order valence-electron chi connectivity index (χ3n) is 3.56. The summed E-state index contributed by atoms with van der Waals surface area (Å²) in [6.45, 7) is 2.32. The molecular weight excluding hydrogens is 314 g/mol. The van der Waals surface area contributed by atoms with Gasteiger partial charge in [0.05, 0.1) is 19.8 Å². The summed E-state index contributed by atoms with van der Waals surface area (Å²) in [5.41, 5.74) is 2.40. The number of rotatable bonds is 6. The van der Waals surface area contributed by atoms with Gasteiger partial charge in [0, 0.05) is 23.3 Å². The second kappa shape index (κ2) is 7.99. The van der Waals surface area contributed by atoms with E-state index in [0.29, 0.717) is 22.9 Å². The lowest BCUT2D eigenvalue weighted by molar-refractivity contribution is 0.0939. The third-order valence-corrected chi connectivity index (χ3v) is 3.81. The molecule has 5 heteroatoms. The number of carbonyl (C=O) groups excluding carboxylic acids is 1. The van der Waals surface area contributed by atoms with Crippen LogP contribution < -0.4 is 10.1 Å². The Morgan fingerprint density at radius 1 is 1.17 bits per heavy atom. The molecule has 0 aliphatic rings. The molecule has 0 aliphatic heterocycles. The average molecular weight is 334 g/mol. The molecule has 2 rings (SSSR count). The molecule has 122 valence electrons. The molecule has 23 heavy (non-hydrogen) atoms. The summed E-state index contributed by atoms with van der Waals surface area (Å²) in [4.78, 5) is 12.4. The first-order chi connectivity index (χ1) is 11.0. The van der Waals surface area contributed by atoms with Crippen molar-refractivity contribution in [3.05, 3.63) is 64.2 Å². The number of halogens is 1. The van der Waals surface area contributed by atoms with E-state index in [0.717, 1.165) is 11.1 Å². The van der Waals surface area contributed by atoms with E-state index in [1.54, 1.807) is 32.4 Å². The number of amides is 1. The minimum absolute atomic E-state index is 0.118. The number of nitrogens with one attached hydrogen (secondary N) is 1. The Morgan fingerprint density at radius 3 is 2.48 bits per heavy atom. The lowest BCUT2D eigenvalue weighted by atomic mass is 10.1. The standard InChI is InChI=1S/C18H20ClNO3/c1-12(13-4-7-16(19)8-5-13)20-18(21)14-6-9-17(23-3)15(10-14)11-22-2/h4-10,12H,11H2,1-3H3,(H,20,21)/t12-/m0/s1. The lowest BCUT2D eigenvalue weighted by Gasteiger charge is -2.15. The van der Waals surface area contributed by atoms with Crippen molar-refractivity contribution in [2.45, 2.75) is 19.6 Å². The first kappa shape index (κ1) is 17.3. The molecule has 2 aromatic carbocycles. The average Bonchev–Trinajstić information content (AvgIpc) is 2.55. The van der Waals surface area contributed by atoms with Crippen LogP contribution in [0.15, 0.2) is 42.5 Å². The van der Waals surface area contributed by atoms with Crippen LogP contribution in [0, 0.1) is 0 Å². The molecule has 0 heterocycles. The van der Waals surface area contributed by atoms with Crippen LogP contribution in [0.5, 0.6) is 5.75 Å². The van der Waals surface area contributed by atoms with Crippen LogP contribution in [-0.4, -0.2) is 20.1 Å². The fraction of sp³-hybridized carbons (Fsp3) is 0.278. The van der Waals surface area contributed by atoms with Crippen LogP contribution in [0.1, 0.15) is 34.5 Å². The molecule has 0 bridgehead atoms. The van der Waals surface area contributed by atoms with Crippen LogP contribution in [-0.2, 0) is 11.3 Å². The first-order valence-electron chi connectivity index (χ1n) is 7.27. The topological polar surface area (TPSA) is 47.6 Å². The molecule has 4 nitrogen and oxygen atoms in total. The Hall–Kier alpha value is -2.04. The smallest absolute Gasteiger partial charge is 0.251 e. The van der Waals surface area contributed by atoms with Gasteiger partial charge in [0.15, 0.2) is 0 Å². The highest BCUT2D eigenvalue weighted by atomic mass is 35.5. The minimum atomic E-state index is -0.146. The highest BCUT2D eigenvalue weighted by Gasteiger charge is 2.13. The van der Waals surface area contributed by atoms with Gasteiger partial charge in [0.1, 0.15) is 5.75 Å². The van der Waals surface area contributed by atoms with Crippen LogP contribution in [0.2, 0.25) is 5.02 Å². The Bertz CT molecular complexity index is 670. The normalized spacial score (nSPS) is 11.8. The van der Waals surface area contributed by atoms with Gasteiger partial charge in [-0.05, 0) is 42.8 Å². The summed E-state index contributed by atoms with van der Waals surface area (Å²) in [5.74, 6) is 0.557. The first-order valence-corrected chi connectivity index (χ1v) is 7.65. The zero-order chi connectivity index (χ0) is 16.8. The molecule has 1 amide bonds. The van der Waals surface area contributed by atoms with E-state index in [1.807, 2.05) is 31.2 Å². The SMILES string of the molecule is COCc1cc(C(=O)N[C@@H](C)c2ccc(Cl)cc2)ccc1OC. The van der Waals surface area contributed by atoms with Crippen LogP contribution in [0.25, 0.3) is 0 Å². The van der Waals surface area contributed by atoms with Crippen molar-refractivity contribution in [1.29, 1.82) is 0 Å². The van der Waals surface area contributed by atoms with Crippen molar-refractivity contribution in [2.75, 3.05) is 14.2 Å². The second-order valence-corrected chi connectivity index (χ2v) is 5.64. The monoisotopic (exact) mass is 333 g/mol. The Balaban J connectivity index is 2.13. The van der Waals surface area contributed by atoms with Gasteiger partial charge in [0.25, 0.3) is 5.91 Å². The predicted octanol–water partition coefficient (Wildman–Crippen LogP) is 3.99. The van der Waals surface area contributed by atoms with Crippen LogP contribution in [0.4, 0.5) is 0 Å². The molecule has 0 fully saturated rings. The van der Waals surface area contributed by atoms with Crippen molar-refractivity contribution >= 4 is 17.5 Å². The Morgan fingerprint density at radius 2 is 1.87 bits per heavy atom. The summed E-state index contributed by atoms with van der Waals surface area (Å²) in [7, 11) is 3.20. The number of methoxy groups -OCH3 is 2. The number of benzene rings is 2. The molecule has 0 spiro atoms. The van der Waals surface area contributed by atoms with E-state index in [-0.39, 0.29) is 11.9 Å². The van der Waals surface area contributed by atoms with Gasteiger partial charge in [-0.2, -0.15) is 0 Å². The van der Waals surface area contributed by atoms with E-state index >= 15 is 0 Å². The van der Waals surface area contributed by atoms with Gasteiger partial charge in [-0.3, -0.25) is 4.79 Å². The van der Waals surface area contributed by atoms with Gasteiger partial charge in [-0.25, -0.2) is 0 Å². The maximum atomic E-state index is 12.4. The van der Waals surface area contributed by atoms with Gasteiger partial charge in [-0.1, -0.05) is 23.7 Å². The fourth-order valence-corrected chi connectivity index (χ4v) is 2.43. The highest BCUT2D eigenvalue weighted by molar-refractivity contribution is 6.30. The van der Waals surface area contributed by atoms with Gasteiger partial charge < -0.3 is 14.8 Å². The van der Waals surface area contributed by atoms with Gasteiger partial charge in [0.2, 0.25) is 0 Å². The highest BCUT2D eigenvalue weighted by Crippen LogP contribution is 2.22. The molecule has 0 unspecified atom stereocenters. The predicted molar refractivity (Wildman–Crippen MR) is 91.0 cm³/mol. The van der Waals surface area contributed by atoms with Crippen LogP contribution >= 0.6 is 11.6 Å². The molecule has 0 aliphatic carbocycles. The summed E-state index contributed by atoms with van der Waals surface area (Å²) in [5, 5.41) is 3.65. The molecule has 0 radical (unpaired) electrons. The summed E-state index contributed by atoms with van der Waals surface area (Å²) < 4.78 is 10.4. The zero-order valence-corrected chi connectivity index (χ0v) is 14.2. The van der Waals surface area contributed by atoms with Crippen molar-refractivity contribution < 1.29 is 14.3 Å². The van der Waals surface area contributed by atoms with Crippen molar-refractivity contribution in [2.24, 2.45) is 0 Å². The molecular formula is C18H20ClNO3. The maximum Gasteiger partial charge on any atom is 0.251 e. The van der Waals surface area contributed by atoms with E-state index in [4.69, 9.17) is 21.1 Å². The molecule has 0 saturated carbocycles. The quantitative estimate of drug-likeness (QED) is 0.869. The number of hydrogen-bond donors (Lipinski definition) is 1. The second-order valence-electron chi connectivity index (χ2n) is 5.21. The van der Waals surface area contributed by atoms with Crippen molar-refractivity contribution in [3.63, 3.8) is 0 Å². The largest absolute Gasteiger partial charge is 0.496 e. The summed E-state index contributed by atoms with van der Waals surface area (Å²) >= 11 is 5.88. The molecule has 0 aromatic heterocycles. The van der Waals surface area contributed by atoms with Gasteiger partial charge >= 0.3 is 0 Å². The van der Waals surface area contributed by atoms with Crippen molar-refractivity contribution in [1.82, 2.24) is 5.32 Å². The maximum absolute atomic E-state index is 12.4. The Labute approximate surface area is 141 Å². The summed E-state index contributed by atoms with van der Waals surface area (Å²) in [6, 6.07) is 12.6. The lowest BCUT2D eigenvalue weighted by Crippen LogP contribution is -2.26. The van der Waals surface area contributed by atoms with E-state index < -0.39 is 0 Å². The minimum Gasteiger partial charge on any atom is -0.496 e. The molecule has 1 N–H and O–H groups in total. The van der Waals surface area contributed by atoms with Crippen LogP contribution in [0.3, 0.4) is 0 Å². The summed E-state index contributed by atoms with van der Waals surface area (Å²) in [6.07, 6.45) is 0. The van der Waals surface area contributed by atoms with E-state index in [1.165, 1.54) is 0 Å². The van der Waals surface area contributed by atoms with E-state index in [2.05, 4.69) is 5.32 Å². The molecule has 1 atom stereocenters. The Kier molecular flexibility index (Phi) is 6.02. The van der Waals surface area contributed by atoms with E-state index in [9.17, 15) is 4.79 Å². The van der Waals surface area contributed by atoms with Crippen molar-refractivity contribution in [3.8, 4) is 5.75 Å². The third kappa shape index (κ3) is 4.47. The van der Waals surface area contributed by atoms with Gasteiger partial charge in [-0.15, -0.1) is 0 Å². The zero-order valence-electron chi connectivity index (χ0n) is 13.4. The molecule has 0 saturated heterocycles. The number of ether oxygens (including phenoxy) is 2. The molecule has 2 aromatic rings. The number of hydrogen-bond acceptors (Lipinski definition) is 3.